The van der Waals surface area contributed by atoms with Crippen LogP contribution >= 0.6 is 0 Å². The summed E-state index contributed by atoms with van der Waals surface area (Å²) in [5.41, 5.74) is 1.33. The van der Waals surface area contributed by atoms with E-state index in [0.29, 0.717) is 12.0 Å². The van der Waals surface area contributed by atoms with Gasteiger partial charge in [-0.1, -0.05) is 0 Å². The van der Waals surface area contributed by atoms with Gasteiger partial charge in [-0.15, -0.1) is 0 Å². The monoisotopic (exact) mass is 243 g/mol. The maximum absolute atomic E-state index is 13.7. The largest absolute Gasteiger partial charge is 0.508 e. The van der Waals surface area contributed by atoms with Crippen LogP contribution in [0.3, 0.4) is 0 Å². The minimum absolute atomic E-state index is 0.0969. The molecule has 0 unspecified atom stereocenters. The summed E-state index contributed by atoms with van der Waals surface area (Å²) < 4.78 is 18.7. The molecule has 0 radical (unpaired) electrons. The molecule has 0 saturated heterocycles. The van der Waals surface area contributed by atoms with Gasteiger partial charge in [0, 0.05) is 25.0 Å². The molecule has 0 aliphatic carbocycles. The highest BCUT2D eigenvalue weighted by Crippen LogP contribution is 2.32. The fourth-order valence-electron chi connectivity index (χ4n) is 1.62. The molecule has 0 saturated carbocycles. The van der Waals surface area contributed by atoms with Crippen LogP contribution in [0.25, 0.3) is 4.85 Å². The van der Waals surface area contributed by atoms with Crippen LogP contribution in [0.2, 0.25) is 0 Å². The summed E-state index contributed by atoms with van der Waals surface area (Å²) in [6.45, 7) is 6.90. The van der Waals surface area contributed by atoms with Crippen molar-refractivity contribution in [2.24, 2.45) is 0 Å². The maximum atomic E-state index is 13.7. The molecule has 1 aromatic carbocycles. The lowest BCUT2D eigenvalue weighted by Crippen LogP contribution is -1.95. The second-order valence-corrected chi connectivity index (χ2v) is 3.61. The van der Waals surface area contributed by atoms with Crippen molar-refractivity contribution < 1.29 is 9.13 Å². The van der Waals surface area contributed by atoms with Crippen LogP contribution in [-0.2, 0) is 6.42 Å². The Morgan fingerprint density at radius 2 is 2.22 bits per heavy atom. The van der Waals surface area contributed by atoms with Gasteiger partial charge in [0.25, 0.3) is 5.69 Å². The maximum Gasteiger partial charge on any atom is 0.262 e. The zero-order chi connectivity index (χ0) is 13.0. The highest BCUT2D eigenvalue weighted by atomic mass is 19.1. The van der Waals surface area contributed by atoms with E-state index in [0.717, 1.165) is 5.69 Å². The molecule has 0 fully saturated rings. The molecule has 90 valence electrons. The highest BCUT2D eigenvalue weighted by Gasteiger charge is 2.12. The summed E-state index contributed by atoms with van der Waals surface area (Å²) in [7, 11) is 1.41. The van der Waals surface area contributed by atoms with Gasteiger partial charge < -0.3 is 4.74 Å². The van der Waals surface area contributed by atoms with E-state index < -0.39 is 5.82 Å². The zero-order valence-electron chi connectivity index (χ0n) is 9.72. The van der Waals surface area contributed by atoms with Crippen LogP contribution in [0.4, 0.5) is 10.1 Å². The highest BCUT2D eigenvalue weighted by molar-refractivity contribution is 5.60. The van der Waals surface area contributed by atoms with Crippen molar-refractivity contribution in [2.45, 2.75) is 6.42 Å². The summed E-state index contributed by atoms with van der Waals surface area (Å²) in [5, 5.41) is 0. The van der Waals surface area contributed by atoms with Crippen molar-refractivity contribution in [3.63, 3.8) is 0 Å². The molecule has 4 nitrogen and oxygen atoms in total. The fourth-order valence-corrected chi connectivity index (χ4v) is 1.62. The molecular formula is C13H10FN3O. The zero-order valence-corrected chi connectivity index (χ0v) is 9.72. The van der Waals surface area contributed by atoms with E-state index in [4.69, 9.17) is 11.3 Å². The molecule has 0 N–H and O–H groups in total. The second-order valence-electron chi connectivity index (χ2n) is 3.61. The lowest BCUT2D eigenvalue weighted by molar-refractivity contribution is 0.414. The van der Waals surface area contributed by atoms with Gasteiger partial charge in [0.2, 0.25) is 0 Å². The summed E-state index contributed by atoms with van der Waals surface area (Å²) in [4.78, 5) is 11.2. The molecule has 5 heteroatoms. The van der Waals surface area contributed by atoms with E-state index in [1.165, 1.54) is 13.2 Å². The van der Waals surface area contributed by atoms with Crippen LogP contribution in [0.5, 0.6) is 5.75 Å². The predicted octanol–water partition coefficient (Wildman–Crippen LogP) is 2.77. The van der Waals surface area contributed by atoms with Gasteiger partial charge in [0.15, 0.2) is 0 Å². The minimum atomic E-state index is -0.580. The van der Waals surface area contributed by atoms with Gasteiger partial charge in [-0.2, -0.15) is 0 Å². The number of benzene rings is 1. The Labute approximate surface area is 104 Å². The molecule has 0 spiro atoms. The van der Waals surface area contributed by atoms with E-state index in [-0.39, 0.29) is 11.4 Å². The smallest absolute Gasteiger partial charge is 0.262 e. The van der Waals surface area contributed by atoms with Crippen LogP contribution < -0.4 is 4.74 Å². The van der Waals surface area contributed by atoms with E-state index in [2.05, 4.69) is 14.8 Å². The molecule has 1 aromatic heterocycles. The normalized spacial score (nSPS) is 9.83. The summed E-state index contributed by atoms with van der Waals surface area (Å²) in [5.74, 6) is -0.341. The Balaban J connectivity index is 2.36. The fraction of sp³-hybridized carbons (Fsp3) is 0.154. The number of aromatic nitrogens is 2. The minimum Gasteiger partial charge on any atom is -0.508 e. The molecule has 0 atom stereocenters. The van der Waals surface area contributed by atoms with Crippen molar-refractivity contribution >= 4 is 5.69 Å². The Morgan fingerprint density at radius 3 is 2.83 bits per heavy atom. The number of nitrogens with zero attached hydrogens (tertiary/aromatic N) is 3. The van der Waals surface area contributed by atoms with Crippen molar-refractivity contribution in [3.8, 4) is 5.75 Å². The van der Waals surface area contributed by atoms with Gasteiger partial charge >= 0.3 is 0 Å². The van der Waals surface area contributed by atoms with E-state index in [1.54, 1.807) is 24.7 Å². The Morgan fingerprint density at radius 1 is 1.39 bits per heavy atom. The van der Waals surface area contributed by atoms with E-state index >= 15 is 0 Å². The third-order valence-corrected chi connectivity index (χ3v) is 2.42. The second kappa shape index (κ2) is 5.23. The first-order chi connectivity index (χ1) is 8.74. The van der Waals surface area contributed by atoms with Crippen molar-refractivity contribution in [1.82, 2.24) is 9.97 Å². The summed E-state index contributed by atoms with van der Waals surface area (Å²) >= 11 is 0. The lowest BCUT2D eigenvalue weighted by atomic mass is 10.1. The molecule has 1 heterocycles. The molecule has 0 aliphatic heterocycles. The van der Waals surface area contributed by atoms with Crippen molar-refractivity contribution in [3.05, 3.63) is 59.2 Å². The molecule has 0 amide bonds. The van der Waals surface area contributed by atoms with E-state index in [9.17, 15) is 4.39 Å². The average molecular weight is 243 g/mol. The number of ether oxygens (including phenoxy) is 1. The quantitative estimate of drug-likeness (QED) is 0.778. The van der Waals surface area contributed by atoms with Gasteiger partial charge in [0.1, 0.15) is 11.6 Å². The summed E-state index contributed by atoms with van der Waals surface area (Å²) in [6, 6.07) is 2.97. The van der Waals surface area contributed by atoms with Crippen molar-refractivity contribution in [1.29, 1.82) is 0 Å². The standard InChI is InChI=1S/C13H10FN3O/c1-15-13-11(14)6-9(7-12(13)18-2)5-10-8-16-3-4-17-10/h3-4,6-8H,5H2,2H3. The van der Waals surface area contributed by atoms with Gasteiger partial charge in [-0.3, -0.25) is 9.97 Å². The van der Waals surface area contributed by atoms with Crippen molar-refractivity contribution in [2.75, 3.05) is 7.11 Å². The molecule has 0 bridgehead atoms. The SMILES string of the molecule is [C-]#[N+]c1c(F)cc(Cc2cnccn2)cc1OC. The molecule has 0 aliphatic rings. The number of rotatable bonds is 3. The first-order valence-electron chi connectivity index (χ1n) is 5.23. The van der Waals surface area contributed by atoms with Crippen LogP contribution in [0, 0.1) is 12.4 Å². The van der Waals surface area contributed by atoms with Gasteiger partial charge in [-0.05, 0) is 17.7 Å². The first kappa shape index (κ1) is 12.0. The first-order valence-corrected chi connectivity index (χ1v) is 5.23. The van der Waals surface area contributed by atoms with Gasteiger partial charge in [-0.25, -0.2) is 9.24 Å². The molecule has 2 aromatic rings. The van der Waals surface area contributed by atoms with Gasteiger partial charge in [0.05, 0.1) is 19.4 Å². The number of methoxy groups -OCH3 is 1. The van der Waals surface area contributed by atoms with Crippen LogP contribution in [-0.4, -0.2) is 17.1 Å². The predicted molar refractivity (Wildman–Crippen MR) is 64.1 cm³/mol. The number of halogens is 1. The Bertz CT molecular complexity index is 593. The topological polar surface area (TPSA) is 39.4 Å². The third-order valence-electron chi connectivity index (χ3n) is 2.42. The molecule has 2 rings (SSSR count). The molecular weight excluding hydrogens is 233 g/mol. The van der Waals surface area contributed by atoms with Crippen LogP contribution in [0.15, 0.2) is 30.7 Å². The third kappa shape index (κ3) is 2.43. The Kier molecular flexibility index (Phi) is 3.49. The number of hydrogen-bond acceptors (Lipinski definition) is 3. The molecule has 18 heavy (non-hydrogen) atoms. The van der Waals surface area contributed by atoms with Crippen LogP contribution in [0.1, 0.15) is 11.3 Å². The Hall–Kier alpha value is -2.48. The number of hydrogen-bond donors (Lipinski definition) is 0. The average Bonchev–Trinajstić information content (AvgIpc) is 2.39. The summed E-state index contributed by atoms with van der Waals surface area (Å²) in [6.07, 6.45) is 5.22. The van der Waals surface area contributed by atoms with E-state index in [1.807, 2.05) is 0 Å². The lowest BCUT2D eigenvalue weighted by Gasteiger charge is -2.07.